The van der Waals surface area contributed by atoms with Gasteiger partial charge in [0, 0.05) is 5.69 Å². The largest absolute Gasteiger partial charge is 0.481 e. The number of carboxylic acids is 2. The van der Waals surface area contributed by atoms with Crippen LogP contribution in [0.5, 0.6) is 0 Å². The fourth-order valence-corrected chi connectivity index (χ4v) is 6.60. The highest BCUT2D eigenvalue weighted by Crippen LogP contribution is 2.61. The molecule has 0 aliphatic heterocycles. The molecule has 8 nitrogen and oxygen atoms in total. The maximum Gasteiger partial charge on any atom is 0.335 e. The summed E-state index contributed by atoms with van der Waals surface area (Å²) < 4.78 is 1.34. The Morgan fingerprint density at radius 2 is 1.74 bits per heavy atom. The minimum absolute atomic E-state index is 0.0582. The van der Waals surface area contributed by atoms with Crippen molar-refractivity contribution in [1.29, 1.82) is 0 Å². The number of anilines is 2. The first-order valence-corrected chi connectivity index (χ1v) is 10.8. The van der Waals surface area contributed by atoms with E-state index in [2.05, 4.69) is 10.4 Å². The Balaban J connectivity index is 1.51. The van der Waals surface area contributed by atoms with Gasteiger partial charge >= 0.3 is 11.9 Å². The van der Waals surface area contributed by atoms with Crippen molar-refractivity contribution in [2.45, 2.75) is 37.6 Å². The molecule has 3 N–H and O–H groups in total. The van der Waals surface area contributed by atoms with Gasteiger partial charge in [-0.2, -0.15) is 5.10 Å². The zero-order valence-electron chi connectivity index (χ0n) is 16.6. The van der Waals surface area contributed by atoms with Crippen LogP contribution in [0.25, 0.3) is 0 Å². The number of halogens is 1. The molecule has 2 unspecified atom stereocenters. The first-order valence-electron chi connectivity index (χ1n) is 10.4. The Labute approximate surface area is 182 Å². The number of aliphatic carboxylic acids is 1. The molecule has 5 atom stereocenters. The highest BCUT2D eigenvalue weighted by molar-refractivity contribution is 6.33. The van der Waals surface area contributed by atoms with Gasteiger partial charge in [-0.3, -0.25) is 9.59 Å². The standard InChI is InChI=1S/C22H22ClN3O5/c23-18-16(25-15-3-1-13(2-4-15)20(28)29)10-24-26(19(18)27)22-8-11-5-12(9-22)7-14(6-11)17(22)21(30)31/h1-4,10-12,14,17,25H,5-9H2,(H,28,29)(H,30,31)/t11-,12+,14?,17-,22?/m1/s1. The van der Waals surface area contributed by atoms with Crippen LogP contribution >= 0.6 is 11.6 Å². The van der Waals surface area contributed by atoms with Gasteiger partial charge in [0.15, 0.2) is 0 Å². The van der Waals surface area contributed by atoms with E-state index in [1.807, 2.05) is 0 Å². The van der Waals surface area contributed by atoms with E-state index >= 15 is 0 Å². The monoisotopic (exact) mass is 443 g/mol. The van der Waals surface area contributed by atoms with Crippen molar-refractivity contribution < 1.29 is 19.8 Å². The third kappa shape index (κ3) is 3.12. The van der Waals surface area contributed by atoms with E-state index in [1.165, 1.54) is 23.0 Å². The molecule has 4 bridgehead atoms. The number of hydrogen-bond acceptors (Lipinski definition) is 5. The Morgan fingerprint density at radius 3 is 2.32 bits per heavy atom. The molecule has 6 rings (SSSR count). The SMILES string of the molecule is O=C(O)c1ccc(Nc2cnn(C34C[C@@H]5CC(C[C@@H](C5)C3)[C@@H]4C(=O)O)c(=O)c2Cl)cc1. The molecule has 1 aromatic heterocycles. The van der Waals surface area contributed by atoms with Crippen LogP contribution in [0.2, 0.25) is 5.02 Å². The fourth-order valence-electron chi connectivity index (χ4n) is 6.42. The minimum Gasteiger partial charge on any atom is -0.481 e. The number of carboxylic acid groups (broad SMARTS) is 2. The zero-order chi connectivity index (χ0) is 21.9. The lowest BCUT2D eigenvalue weighted by molar-refractivity contribution is -0.168. The third-order valence-electron chi connectivity index (χ3n) is 7.29. The van der Waals surface area contributed by atoms with E-state index in [0.29, 0.717) is 36.1 Å². The lowest BCUT2D eigenvalue weighted by Crippen LogP contribution is -2.63. The van der Waals surface area contributed by atoms with Crippen molar-refractivity contribution in [3.05, 3.63) is 51.4 Å². The van der Waals surface area contributed by atoms with Crippen LogP contribution in [0, 0.1) is 23.7 Å². The van der Waals surface area contributed by atoms with E-state index in [-0.39, 0.29) is 16.5 Å². The van der Waals surface area contributed by atoms with Gasteiger partial charge in [-0.15, -0.1) is 0 Å². The van der Waals surface area contributed by atoms with Crippen molar-refractivity contribution in [2.24, 2.45) is 23.7 Å². The summed E-state index contributed by atoms with van der Waals surface area (Å²) in [5.74, 6) is -1.62. The Bertz CT molecular complexity index is 1110. The average Bonchev–Trinajstić information content (AvgIpc) is 2.70. The summed E-state index contributed by atoms with van der Waals surface area (Å²) in [6.45, 7) is 0. The molecule has 31 heavy (non-hydrogen) atoms. The molecular formula is C22H22ClN3O5. The molecule has 0 amide bonds. The lowest BCUT2D eigenvalue weighted by atomic mass is 9.48. The summed E-state index contributed by atoms with van der Waals surface area (Å²) in [5, 5.41) is 26.4. The molecular weight excluding hydrogens is 422 g/mol. The molecule has 1 aromatic carbocycles. The smallest absolute Gasteiger partial charge is 0.335 e. The molecule has 0 radical (unpaired) electrons. The number of nitrogens with zero attached hydrogens (tertiary/aromatic N) is 2. The molecule has 162 valence electrons. The van der Waals surface area contributed by atoms with Crippen LogP contribution in [0.4, 0.5) is 11.4 Å². The molecule has 9 heteroatoms. The zero-order valence-corrected chi connectivity index (χ0v) is 17.4. The molecule has 4 aliphatic rings. The van der Waals surface area contributed by atoms with Crippen molar-refractivity contribution in [1.82, 2.24) is 9.78 Å². The summed E-state index contributed by atoms with van der Waals surface area (Å²) in [4.78, 5) is 36.5. The summed E-state index contributed by atoms with van der Waals surface area (Å²) in [5.41, 5.74) is -0.330. The van der Waals surface area contributed by atoms with E-state index in [0.717, 1.165) is 19.3 Å². The number of rotatable bonds is 5. The van der Waals surface area contributed by atoms with Gasteiger partial charge in [0.1, 0.15) is 5.02 Å². The fraction of sp³-hybridized carbons (Fsp3) is 0.455. The van der Waals surface area contributed by atoms with Crippen LogP contribution in [-0.2, 0) is 10.3 Å². The van der Waals surface area contributed by atoms with Crippen molar-refractivity contribution in [2.75, 3.05) is 5.32 Å². The first-order chi connectivity index (χ1) is 14.8. The molecule has 4 fully saturated rings. The van der Waals surface area contributed by atoms with Gasteiger partial charge in [-0.1, -0.05) is 11.6 Å². The van der Waals surface area contributed by atoms with Crippen LogP contribution in [0.15, 0.2) is 35.3 Å². The van der Waals surface area contributed by atoms with Crippen molar-refractivity contribution in [3.8, 4) is 0 Å². The highest BCUT2D eigenvalue weighted by atomic mass is 35.5. The van der Waals surface area contributed by atoms with E-state index < -0.39 is 29.0 Å². The highest BCUT2D eigenvalue weighted by Gasteiger charge is 2.61. The van der Waals surface area contributed by atoms with Gasteiger partial charge in [-0.05, 0) is 74.1 Å². The molecule has 4 saturated carbocycles. The summed E-state index contributed by atoms with van der Waals surface area (Å²) >= 11 is 6.42. The molecule has 4 aliphatic carbocycles. The second-order valence-electron chi connectivity index (χ2n) is 9.12. The van der Waals surface area contributed by atoms with Crippen LogP contribution in [0.3, 0.4) is 0 Å². The van der Waals surface area contributed by atoms with Crippen molar-refractivity contribution >= 4 is 34.9 Å². The number of aromatic carboxylic acids is 1. The topological polar surface area (TPSA) is 122 Å². The number of aromatic nitrogens is 2. The van der Waals surface area contributed by atoms with Gasteiger partial charge in [0.05, 0.1) is 28.9 Å². The molecule has 0 spiro atoms. The predicted molar refractivity (Wildman–Crippen MR) is 113 cm³/mol. The summed E-state index contributed by atoms with van der Waals surface area (Å²) in [6.07, 6.45) is 5.64. The van der Waals surface area contributed by atoms with Crippen LogP contribution < -0.4 is 10.9 Å². The number of carbonyl (C=O) groups is 2. The normalized spacial score (nSPS) is 30.9. The maximum atomic E-state index is 13.3. The minimum atomic E-state index is -1.03. The van der Waals surface area contributed by atoms with Crippen molar-refractivity contribution in [3.63, 3.8) is 0 Å². The second kappa shape index (κ2) is 7.09. The number of benzene rings is 1. The number of nitrogens with one attached hydrogen (secondary N) is 1. The Hall–Kier alpha value is -2.87. The molecule has 2 aromatic rings. The predicted octanol–water partition coefficient (Wildman–Crippen LogP) is 3.57. The Morgan fingerprint density at radius 1 is 1.10 bits per heavy atom. The van der Waals surface area contributed by atoms with Gasteiger partial charge < -0.3 is 15.5 Å². The van der Waals surface area contributed by atoms with E-state index in [1.54, 1.807) is 12.1 Å². The van der Waals surface area contributed by atoms with Gasteiger partial charge in [-0.25, -0.2) is 9.48 Å². The average molecular weight is 444 g/mol. The third-order valence-corrected chi connectivity index (χ3v) is 7.66. The van der Waals surface area contributed by atoms with Gasteiger partial charge in [0.25, 0.3) is 5.56 Å². The first kappa shape index (κ1) is 20.1. The molecule has 0 saturated heterocycles. The summed E-state index contributed by atoms with van der Waals surface area (Å²) in [6, 6.07) is 6.04. The second-order valence-corrected chi connectivity index (χ2v) is 9.50. The molecule has 1 heterocycles. The number of hydrogen-bond donors (Lipinski definition) is 3. The van der Waals surface area contributed by atoms with Crippen LogP contribution in [-0.4, -0.2) is 31.9 Å². The lowest BCUT2D eigenvalue weighted by Gasteiger charge is -2.59. The van der Waals surface area contributed by atoms with E-state index in [9.17, 15) is 19.5 Å². The van der Waals surface area contributed by atoms with E-state index in [4.69, 9.17) is 16.7 Å². The van der Waals surface area contributed by atoms with Crippen LogP contribution in [0.1, 0.15) is 42.5 Å². The maximum absolute atomic E-state index is 13.3. The van der Waals surface area contributed by atoms with Gasteiger partial charge in [0.2, 0.25) is 0 Å². The quantitative estimate of drug-likeness (QED) is 0.645. The summed E-state index contributed by atoms with van der Waals surface area (Å²) in [7, 11) is 0. The Kier molecular flexibility index (Phi) is 4.58.